The van der Waals surface area contributed by atoms with Crippen LogP contribution in [0.25, 0.3) is 0 Å². The molecule has 0 bridgehead atoms. The summed E-state index contributed by atoms with van der Waals surface area (Å²) in [4.78, 5) is 11.9. The van der Waals surface area contributed by atoms with Gasteiger partial charge in [-0.05, 0) is 64.9 Å². The quantitative estimate of drug-likeness (QED) is 0.407. The molecule has 1 saturated heterocycles. The summed E-state index contributed by atoms with van der Waals surface area (Å²) in [5.74, 6) is 3.21. The van der Waals surface area contributed by atoms with E-state index in [1.54, 1.807) is 6.08 Å². The molecule has 0 aromatic heterocycles. The maximum absolute atomic E-state index is 8.00. The van der Waals surface area contributed by atoms with Crippen molar-refractivity contribution in [3.8, 4) is 0 Å². The van der Waals surface area contributed by atoms with Gasteiger partial charge in [0, 0.05) is 11.1 Å². The van der Waals surface area contributed by atoms with Crippen LogP contribution < -0.4 is 10.6 Å². The Morgan fingerprint density at radius 3 is 2.50 bits per heavy atom. The zero-order valence-corrected chi connectivity index (χ0v) is 14.0. The van der Waals surface area contributed by atoms with Gasteiger partial charge >= 0.3 is 0 Å². The van der Waals surface area contributed by atoms with Crippen LogP contribution in [0.5, 0.6) is 0 Å². The van der Waals surface area contributed by atoms with E-state index in [2.05, 4.69) is 42.8 Å². The van der Waals surface area contributed by atoms with E-state index in [9.17, 15) is 0 Å². The molecule has 2 atom stereocenters. The Kier molecular flexibility index (Phi) is 6.97. The molecule has 2 rings (SSSR count). The number of piperidine rings is 1. The van der Waals surface area contributed by atoms with Crippen LogP contribution in [0.1, 0.15) is 20.8 Å². The predicted molar refractivity (Wildman–Crippen MR) is 90.9 cm³/mol. The number of rotatable bonds is 8. The molecule has 5 nitrogen and oxygen atoms in total. The minimum Gasteiger partial charge on any atom is -0.476 e. The highest BCUT2D eigenvalue weighted by molar-refractivity contribution is 5.30. The van der Waals surface area contributed by atoms with Gasteiger partial charge in [-0.2, -0.15) is 0 Å². The maximum atomic E-state index is 8.00. The zero-order valence-electron chi connectivity index (χ0n) is 14.0. The summed E-state index contributed by atoms with van der Waals surface area (Å²) in [6.07, 6.45) is 1.74. The highest BCUT2D eigenvalue weighted by Crippen LogP contribution is 2.48. The van der Waals surface area contributed by atoms with Crippen molar-refractivity contribution in [1.82, 2.24) is 10.6 Å². The first-order valence-electron chi connectivity index (χ1n) is 7.66. The number of ether oxygens (including phenoxy) is 1. The van der Waals surface area contributed by atoms with E-state index in [1.807, 2.05) is 13.7 Å². The molecule has 2 N–H and O–H groups in total. The second kappa shape index (κ2) is 8.25. The van der Waals surface area contributed by atoms with Gasteiger partial charge in [0.25, 0.3) is 0 Å². The van der Waals surface area contributed by atoms with E-state index >= 15 is 0 Å². The number of allylic oxidation sites excluding steroid dienone is 2. The van der Waals surface area contributed by atoms with Crippen LogP contribution in [0.15, 0.2) is 29.1 Å². The third-order valence-electron chi connectivity index (χ3n) is 4.44. The summed E-state index contributed by atoms with van der Waals surface area (Å²) in [5.41, 5.74) is 0.848. The van der Waals surface area contributed by atoms with Gasteiger partial charge in [0.1, 0.15) is 13.4 Å². The van der Waals surface area contributed by atoms with Crippen molar-refractivity contribution < 1.29 is 9.53 Å². The third kappa shape index (κ3) is 4.78. The fourth-order valence-corrected chi connectivity index (χ4v) is 2.91. The molecule has 0 aromatic carbocycles. The minimum absolute atomic E-state index is 0.0678. The first-order chi connectivity index (χ1) is 10.5. The molecule has 2 unspecified atom stereocenters. The Balaban J connectivity index is 0.00000116. The monoisotopic (exact) mass is 307 g/mol. The van der Waals surface area contributed by atoms with Crippen molar-refractivity contribution in [2.75, 3.05) is 26.2 Å². The van der Waals surface area contributed by atoms with Crippen LogP contribution in [-0.4, -0.2) is 45.3 Å². The van der Waals surface area contributed by atoms with Crippen LogP contribution in [0.3, 0.4) is 0 Å². The molecular formula is C17H29N3O2. The van der Waals surface area contributed by atoms with Crippen molar-refractivity contribution in [2.45, 2.75) is 26.3 Å². The number of carbonyl (C=O) groups is 1. The number of hydrogen-bond acceptors (Lipinski definition) is 5. The molecule has 1 heterocycles. The normalized spacial score (nSPS) is 27.0. The summed E-state index contributed by atoms with van der Waals surface area (Å²) in [6.45, 7) is 19.6. The van der Waals surface area contributed by atoms with Crippen LogP contribution in [0, 0.1) is 17.8 Å². The molecule has 1 aliphatic heterocycles. The molecule has 2 fully saturated rings. The fraction of sp³-hybridized carbons (Fsp3) is 0.647. The van der Waals surface area contributed by atoms with E-state index in [-0.39, 0.29) is 5.54 Å². The highest BCUT2D eigenvalue weighted by Gasteiger charge is 2.52. The lowest BCUT2D eigenvalue weighted by Gasteiger charge is -2.27. The van der Waals surface area contributed by atoms with Gasteiger partial charge < -0.3 is 20.2 Å². The molecule has 0 aromatic rings. The summed E-state index contributed by atoms with van der Waals surface area (Å²) < 4.78 is 5.76. The fourth-order valence-electron chi connectivity index (χ4n) is 2.91. The molecule has 0 amide bonds. The first kappa shape index (κ1) is 18.6. The number of nitrogens with one attached hydrogen (secondary N) is 2. The minimum atomic E-state index is -0.0678. The zero-order chi connectivity index (χ0) is 16.8. The van der Waals surface area contributed by atoms with Gasteiger partial charge in [-0.25, -0.2) is 4.99 Å². The van der Waals surface area contributed by atoms with Crippen LogP contribution in [0.4, 0.5) is 0 Å². The van der Waals surface area contributed by atoms with E-state index in [4.69, 9.17) is 9.53 Å². The number of hydrogen-bond donors (Lipinski definition) is 2. The predicted octanol–water partition coefficient (Wildman–Crippen LogP) is 1.77. The van der Waals surface area contributed by atoms with Crippen molar-refractivity contribution in [2.24, 2.45) is 22.7 Å². The van der Waals surface area contributed by atoms with Gasteiger partial charge in [-0.1, -0.05) is 12.7 Å². The molecule has 0 radical (unpaired) electrons. The van der Waals surface area contributed by atoms with E-state index in [0.29, 0.717) is 12.5 Å². The standard InChI is InChI=1S/C16H27N3O.CH2O/c1-6-11(2)15(17-5)20-10-16(3,4)19-9-14-12-7-18-8-13(12)14;1-2/h6,12-14,18-19H,1,5,7-10H2,2-4H3;1H2/b15-11+;. The van der Waals surface area contributed by atoms with Crippen molar-refractivity contribution in [3.63, 3.8) is 0 Å². The lowest BCUT2D eigenvalue weighted by molar-refractivity contribution is -0.0979. The summed E-state index contributed by atoms with van der Waals surface area (Å²) >= 11 is 0. The number of fused-ring (bicyclic) bond motifs is 1. The van der Waals surface area contributed by atoms with Crippen LogP contribution in [-0.2, 0) is 9.53 Å². The molecule has 0 spiro atoms. The SMILES string of the molecule is C=C/C(C)=C(\N=C)OCC(C)(C)NCC1C2CNCC21.C=O. The Morgan fingerprint density at radius 1 is 1.41 bits per heavy atom. The van der Waals surface area contributed by atoms with Crippen LogP contribution in [0.2, 0.25) is 0 Å². The van der Waals surface area contributed by atoms with E-state index in [0.717, 1.165) is 29.9 Å². The Labute approximate surface area is 133 Å². The Bertz CT molecular complexity index is 422. The average molecular weight is 307 g/mol. The Morgan fingerprint density at radius 2 is 2.00 bits per heavy atom. The molecule has 1 aliphatic carbocycles. The molecule has 22 heavy (non-hydrogen) atoms. The Hall–Kier alpha value is -1.46. The van der Waals surface area contributed by atoms with Crippen molar-refractivity contribution >= 4 is 13.5 Å². The molecule has 1 saturated carbocycles. The summed E-state index contributed by atoms with van der Waals surface area (Å²) in [6, 6.07) is 0. The van der Waals surface area contributed by atoms with Gasteiger partial charge in [-0.15, -0.1) is 0 Å². The third-order valence-corrected chi connectivity index (χ3v) is 4.44. The smallest absolute Gasteiger partial charge is 0.215 e. The van der Waals surface area contributed by atoms with Crippen LogP contribution >= 0.6 is 0 Å². The second-order valence-electron chi connectivity index (χ2n) is 6.55. The molecular weight excluding hydrogens is 278 g/mol. The largest absolute Gasteiger partial charge is 0.476 e. The van der Waals surface area contributed by atoms with E-state index in [1.165, 1.54) is 13.1 Å². The second-order valence-corrected chi connectivity index (χ2v) is 6.55. The van der Waals surface area contributed by atoms with Gasteiger partial charge in [0.05, 0.1) is 0 Å². The van der Waals surface area contributed by atoms with Crippen molar-refractivity contribution in [3.05, 3.63) is 24.1 Å². The van der Waals surface area contributed by atoms with Crippen molar-refractivity contribution in [1.29, 1.82) is 0 Å². The number of nitrogens with zero attached hydrogens (tertiary/aromatic N) is 1. The number of carbonyl (C=O) groups excluding carboxylic acids is 1. The summed E-state index contributed by atoms with van der Waals surface area (Å²) in [7, 11) is 0. The molecule has 124 valence electrons. The average Bonchev–Trinajstić information content (AvgIpc) is 2.95. The highest BCUT2D eigenvalue weighted by atomic mass is 16.5. The van der Waals surface area contributed by atoms with Gasteiger partial charge in [0.2, 0.25) is 5.88 Å². The topological polar surface area (TPSA) is 62.7 Å². The molecule has 2 aliphatic rings. The van der Waals surface area contributed by atoms with Gasteiger partial charge in [-0.3, -0.25) is 0 Å². The van der Waals surface area contributed by atoms with Gasteiger partial charge in [0.15, 0.2) is 0 Å². The maximum Gasteiger partial charge on any atom is 0.215 e. The first-order valence-corrected chi connectivity index (χ1v) is 7.66. The molecule has 5 heteroatoms. The number of aliphatic imine (C=N–C) groups is 1. The van der Waals surface area contributed by atoms with E-state index < -0.39 is 0 Å². The summed E-state index contributed by atoms with van der Waals surface area (Å²) in [5, 5.41) is 7.05. The lowest BCUT2D eigenvalue weighted by Crippen LogP contribution is -2.45. The lowest BCUT2D eigenvalue weighted by atomic mass is 10.1.